The largest absolute Gasteiger partial charge is 0.381 e. The van der Waals surface area contributed by atoms with E-state index in [0.717, 1.165) is 72.1 Å². The van der Waals surface area contributed by atoms with Gasteiger partial charge in [-0.3, -0.25) is 9.13 Å². The summed E-state index contributed by atoms with van der Waals surface area (Å²) in [7, 11) is 7.80. The second kappa shape index (κ2) is 8.97. The Labute approximate surface area is 210 Å². The zero-order valence-electron chi connectivity index (χ0n) is 21.4. The second-order valence-electron chi connectivity index (χ2n) is 10.4. The number of anilines is 1. The minimum atomic E-state index is -0.0494. The number of aromatic nitrogens is 5. The number of rotatable bonds is 5. The van der Waals surface area contributed by atoms with Gasteiger partial charge in [0.25, 0.3) is 0 Å². The minimum Gasteiger partial charge on any atom is -0.381 e. The van der Waals surface area contributed by atoms with Gasteiger partial charge in [0, 0.05) is 56.5 Å². The van der Waals surface area contributed by atoms with E-state index in [1.807, 2.05) is 16.8 Å². The molecule has 9 nitrogen and oxygen atoms in total. The average Bonchev–Trinajstić information content (AvgIpc) is 3.63. The number of fused-ring (bicyclic) bond motifs is 3. The third kappa shape index (κ3) is 3.77. The number of methoxy groups -OCH3 is 1. The van der Waals surface area contributed by atoms with Gasteiger partial charge in [0.2, 0.25) is 0 Å². The number of hydrogen-bond donors (Lipinski definition) is 0. The first-order valence-electron chi connectivity index (χ1n) is 12.7. The van der Waals surface area contributed by atoms with E-state index < -0.39 is 0 Å². The lowest BCUT2D eigenvalue weighted by Crippen LogP contribution is -2.31. The summed E-state index contributed by atoms with van der Waals surface area (Å²) < 4.78 is 9.12. The SMILES string of the molecule is CO[C@H]1CC[C@H](n2c(=O)n(C)c3nnc4ccc(-c5ccc(N6CC[C@@H](N(C)C)C6)nc5)cc4c32)C1. The fourth-order valence-corrected chi connectivity index (χ4v) is 5.89. The van der Waals surface area contributed by atoms with Crippen molar-refractivity contribution in [2.45, 2.75) is 43.9 Å². The van der Waals surface area contributed by atoms with Crippen molar-refractivity contribution in [2.75, 3.05) is 39.2 Å². The quantitative estimate of drug-likeness (QED) is 0.428. The number of likely N-dealkylation sites (N-methyl/N-ethyl adjacent to an activating group) is 1. The molecular formula is C27H33N7O2. The summed E-state index contributed by atoms with van der Waals surface area (Å²) in [6.07, 6.45) is 5.98. The number of hydrogen-bond acceptors (Lipinski definition) is 7. The molecular weight excluding hydrogens is 454 g/mol. The summed E-state index contributed by atoms with van der Waals surface area (Å²) in [6.45, 7) is 2.03. The number of imidazole rings is 1. The molecule has 2 aliphatic rings. The van der Waals surface area contributed by atoms with Crippen LogP contribution in [0.25, 0.3) is 33.2 Å². The Kier molecular flexibility index (Phi) is 5.76. The molecule has 0 radical (unpaired) electrons. The highest BCUT2D eigenvalue weighted by Gasteiger charge is 2.30. The maximum Gasteiger partial charge on any atom is 0.330 e. The van der Waals surface area contributed by atoms with Crippen molar-refractivity contribution in [3.63, 3.8) is 0 Å². The lowest BCUT2D eigenvalue weighted by molar-refractivity contribution is 0.106. The first kappa shape index (κ1) is 23.1. The molecule has 1 saturated carbocycles. The Bertz CT molecular complexity index is 1470. The van der Waals surface area contributed by atoms with Crippen molar-refractivity contribution in [1.29, 1.82) is 0 Å². The first-order valence-corrected chi connectivity index (χ1v) is 12.7. The second-order valence-corrected chi connectivity index (χ2v) is 10.4. The van der Waals surface area contributed by atoms with Gasteiger partial charge in [-0.25, -0.2) is 9.78 Å². The third-order valence-electron chi connectivity index (χ3n) is 8.12. The minimum absolute atomic E-state index is 0.0494. The molecule has 1 saturated heterocycles. The van der Waals surface area contributed by atoms with Crippen LogP contribution in [0.15, 0.2) is 41.3 Å². The predicted octanol–water partition coefficient (Wildman–Crippen LogP) is 3.23. The van der Waals surface area contributed by atoms with E-state index in [1.165, 1.54) is 0 Å². The van der Waals surface area contributed by atoms with Crippen LogP contribution in [-0.2, 0) is 11.8 Å². The Hall–Kier alpha value is -3.30. The van der Waals surface area contributed by atoms with Gasteiger partial charge >= 0.3 is 5.69 Å². The highest BCUT2D eigenvalue weighted by atomic mass is 16.5. The van der Waals surface area contributed by atoms with Crippen LogP contribution < -0.4 is 10.6 Å². The van der Waals surface area contributed by atoms with E-state index in [4.69, 9.17) is 9.72 Å². The molecule has 0 unspecified atom stereocenters. The molecule has 1 aliphatic heterocycles. The smallest absolute Gasteiger partial charge is 0.330 e. The fourth-order valence-electron chi connectivity index (χ4n) is 5.89. The molecule has 6 rings (SSSR count). The van der Waals surface area contributed by atoms with Gasteiger partial charge < -0.3 is 14.5 Å². The Balaban J connectivity index is 1.40. The number of ether oxygens (including phenoxy) is 1. The predicted molar refractivity (Wildman–Crippen MR) is 141 cm³/mol. The zero-order valence-corrected chi connectivity index (χ0v) is 21.4. The molecule has 1 aliphatic carbocycles. The Morgan fingerprint density at radius 3 is 2.58 bits per heavy atom. The van der Waals surface area contributed by atoms with Crippen molar-refractivity contribution >= 4 is 27.9 Å². The average molecular weight is 488 g/mol. The molecule has 0 N–H and O–H groups in total. The van der Waals surface area contributed by atoms with Crippen LogP contribution in [0, 0.1) is 0 Å². The summed E-state index contributed by atoms with van der Waals surface area (Å²) in [5.41, 5.74) is 4.29. The molecule has 3 atom stereocenters. The summed E-state index contributed by atoms with van der Waals surface area (Å²) in [5, 5.41) is 9.79. The normalized spacial score (nSPS) is 22.5. The molecule has 4 aromatic rings. The maximum absolute atomic E-state index is 13.3. The van der Waals surface area contributed by atoms with Crippen LogP contribution in [0.5, 0.6) is 0 Å². The van der Waals surface area contributed by atoms with Crippen LogP contribution in [0.1, 0.15) is 31.7 Å². The number of aryl methyl sites for hydroxylation is 1. The number of nitrogens with zero attached hydrogens (tertiary/aromatic N) is 7. The summed E-state index contributed by atoms with van der Waals surface area (Å²) in [5.74, 6) is 1.02. The Morgan fingerprint density at radius 2 is 1.89 bits per heavy atom. The van der Waals surface area contributed by atoms with E-state index in [0.29, 0.717) is 11.7 Å². The monoisotopic (exact) mass is 487 g/mol. The van der Waals surface area contributed by atoms with Gasteiger partial charge in [0.05, 0.1) is 11.6 Å². The van der Waals surface area contributed by atoms with Crippen LogP contribution in [0.4, 0.5) is 5.82 Å². The lowest BCUT2D eigenvalue weighted by Gasteiger charge is -2.21. The molecule has 0 spiro atoms. The standard InChI is InChI=1S/C27H33N7O2/c1-31(2)20-11-12-33(16-20)24-10-6-18(15-28-24)17-5-9-23-22(13-17)25-26(30-29-23)32(3)27(35)34(25)19-7-8-21(14-19)36-4/h5-6,9-10,13,15,19-21H,7-8,11-12,14,16H2,1-4H3/t19-,20+,21-/m0/s1. The summed E-state index contributed by atoms with van der Waals surface area (Å²) in [6, 6.07) is 11.1. The summed E-state index contributed by atoms with van der Waals surface area (Å²) in [4.78, 5) is 22.7. The van der Waals surface area contributed by atoms with E-state index in [2.05, 4.69) is 58.4 Å². The molecule has 3 aromatic heterocycles. The van der Waals surface area contributed by atoms with Crippen LogP contribution in [0.3, 0.4) is 0 Å². The van der Waals surface area contributed by atoms with Crippen LogP contribution >= 0.6 is 0 Å². The molecule has 9 heteroatoms. The third-order valence-corrected chi connectivity index (χ3v) is 8.12. The molecule has 0 amide bonds. The Morgan fingerprint density at radius 1 is 1.06 bits per heavy atom. The van der Waals surface area contributed by atoms with Gasteiger partial charge in [0.1, 0.15) is 11.3 Å². The topological polar surface area (TPSA) is 81.3 Å². The van der Waals surface area contributed by atoms with E-state index in [-0.39, 0.29) is 17.8 Å². The molecule has 1 aromatic carbocycles. The molecule has 4 heterocycles. The van der Waals surface area contributed by atoms with Gasteiger partial charge in [-0.15, -0.1) is 10.2 Å². The summed E-state index contributed by atoms with van der Waals surface area (Å²) >= 11 is 0. The highest BCUT2D eigenvalue weighted by molar-refractivity contribution is 6.02. The van der Waals surface area contributed by atoms with E-state index >= 15 is 0 Å². The van der Waals surface area contributed by atoms with Crippen molar-refractivity contribution in [1.82, 2.24) is 29.2 Å². The molecule has 36 heavy (non-hydrogen) atoms. The highest BCUT2D eigenvalue weighted by Crippen LogP contribution is 2.35. The van der Waals surface area contributed by atoms with Gasteiger partial charge in [0.15, 0.2) is 5.65 Å². The number of pyridine rings is 1. The lowest BCUT2D eigenvalue weighted by atomic mass is 10.0. The van der Waals surface area contributed by atoms with Gasteiger partial charge in [-0.05, 0) is 69.6 Å². The van der Waals surface area contributed by atoms with Crippen molar-refractivity contribution < 1.29 is 4.74 Å². The van der Waals surface area contributed by atoms with Gasteiger partial charge in [-0.1, -0.05) is 6.07 Å². The van der Waals surface area contributed by atoms with E-state index in [9.17, 15) is 4.79 Å². The zero-order chi connectivity index (χ0) is 25.0. The fraction of sp³-hybridized carbons (Fsp3) is 0.481. The number of benzene rings is 1. The van der Waals surface area contributed by atoms with Crippen molar-refractivity contribution in [3.8, 4) is 11.1 Å². The van der Waals surface area contributed by atoms with Crippen LogP contribution in [-0.4, -0.2) is 75.7 Å². The molecule has 0 bridgehead atoms. The van der Waals surface area contributed by atoms with Crippen LogP contribution in [0.2, 0.25) is 0 Å². The molecule has 2 fully saturated rings. The van der Waals surface area contributed by atoms with Crippen molar-refractivity contribution in [2.24, 2.45) is 7.05 Å². The van der Waals surface area contributed by atoms with Crippen molar-refractivity contribution in [3.05, 3.63) is 47.0 Å². The maximum atomic E-state index is 13.3. The molecule has 188 valence electrons. The first-order chi connectivity index (χ1) is 17.4. The van der Waals surface area contributed by atoms with E-state index in [1.54, 1.807) is 18.7 Å². The van der Waals surface area contributed by atoms with Gasteiger partial charge in [-0.2, -0.15) is 0 Å².